The third-order valence-corrected chi connectivity index (χ3v) is 11.1. The summed E-state index contributed by atoms with van der Waals surface area (Å²) in [6.45, 7) is 7.48. The lowest BCUT2D eigenvalue weighted by atomic mass is 9.58. The van der Waals surface area contributed by atoms with E-state index in [9.17, 15) is 14.7 Å². The molecule has 0 radical (unpaired) electrons. The highest BCUT2D eigenvalue weighted by Crippen LogP contribution is 2.52. The number of aryl methyl sites for hydroxylation is 1. The van der Waals surface area contributed by atoms with Crippen LogP contribution >= 0.6 is 0 Å². The Kier molecular flexibility index (Phi) is 10.4. The zero-order valence-electron chi connectivity index (χ0n) is 28.1. The Morgan fingerprint density at radius 1 is 1.12 bits per heavy atom. The Bertz CT molecular complexity index is 1580. The minimum Gasteiger partial charge on any atom is -0.478 e. The molecule has 3 heterocycles. The number of benzene rings is 2. The minimum absolute atomic E-state index is 0.0227. The van der Waals surface area contributed by atoms with Crippen molar-refractivity contribution in [3.05, 3.63) is 83.2 Å². The predicted octanol–water partition coefficient (Wildman–Crippen LogP) is 5.05. The molecule has 4 N–H and O–H groups in total. The van der Waals surface area contributed by atoms with Crippen LogP contribution in [0.25, 0.3) is 0 Å². The van der Waals surface area contributed by atoms with E-state index in [0.29, 0.717) is 24.6 Å². The van der Waals surface area contributed by atoms with Gasteiger partial charge in [-0.05, 0) is 86.5 Å². The van der Waals surface area contributed by atoms with Crippen molar-refractivity contribution in [3.63, 3.8) is 0 Å². The normalized spacial score (nSPS) is 21.9. The number of anilines is 1. The van der Waals surface area contributed by atoms with Crippen molar-refractivity contribution in [1.82, 2.24) is 19.8 Å². The molecule has 3 atom stereocenters. The molecule has 3 aromatic rings. The molecule has 1 aliphatic carbocycles. The fourth-order valence-corrected chi connectivity index (χ4v) is 8.84. The Hall–Kier alpha value is -3.96. The van der Waals surface area contributed by atoms with Crippen LogP contribution in [0.15, 0.2) is 54.9 Å². The molecule has 10 nitrogen and oxygen atoms in total. The van der Waals surface area contributed by atoms with E-state index < -0.39 is 17.5 Å². The number of ether oxygens (including phenoxy) is 1. The second kappa shape index (κ2) is 14.7. The summed E-state index contributed by atoms with van der Waals surface area (Å²) in [7, 11) is 1.59. The van der Waals surface area contributed by atoms with Gasteiger partial charge in [0.1, 0.15) is 17.7 Å². The van der Waals surface area contributed by atoms with Crippen LogP contribution in [0.1, 0.15) is 66.3 Å². The third-order valence-electron chi connectivity index (χ3n) is 11.1. The number of carbonyl (C=O) groups excluding carboxylic acids is 1. The minimum atomic E-state index is -0.931. The molecule has 48 heavy (non-hydrogen) atoms. The number of piperidine rings is 1. The fraction of sp³-hybridized carbons (Fsp3) is 0.541. The number of alkyl carbamates (subject to hydrolysis) is 1. The van der Waals surface area contributed by atoms with E-state index in [1.807, 2.05) is 30.6 Å². The summed E-state index contributed by atoms with van der Waals surface area (Å²) in [5, 5.41) is 12.4. The molecule has 11 heteroatoms. The second-order valence-corrected chi connectivity index (χ2v) is 13.8. The third kappa shape index (κ3) is 6.80. The van der Waals surface area contributed by atoms with Crippen molar-refractivity contribution in [1.29, 1.82) is 0 Å². The summed E-state index contributed by atoms with van der Waals surface area (Å²) in [6, 6.07) is 12.6. The molecule has 0 spiro atoms. The largest absolute Gasteiger partial charge is 0.478 e. The first-order valence-corrected chi connectivity index (χ1v) is 17.4. The lowest BCUT2D eigenvalue weighted by Crippen LogP contribution is -2.55. The van der Waals surface area contributed by atoms with Crippen LogP contribution in [0.2, 0.25) is 0 Å². The number of nitrogens with one attached hydrogen (secondary N) is 1. The summed E-state index contributed by atoms with van der Waals surface area (Å²) < 4.78 is 23.4. The highest BCUT2D eigenvalue weighted by molar-refractivity contribution is 5.95. The molecule has 1 aromatic heterocycles. The van der Waals surface area contributed by atoms with Crippen LogP contribution in [0.3, 0.4) is 0 Å². The molecule has 1 saturated carbocycles. The highest BCUT2D eigenvalue weighted by Gasteiger charge is 2.53. The number of amides is 1. The summed E-state index contributed by atoms with van der Waals surface area (Å²) in [6.07, 6.45) is 8.49. The summed E-state index contributed by atoms with van der Waals surface area (Å²) in [5.74, 6) is 0.514. The van der Waals surface area contributed by atoms with Gasteiger partial charge in [0.15, 0.2) is 0 Å². The Morgan fingerprint density at radius 3 is 2.60 bits per heavy atom. The predicted molar refractivity (Wildman–Crippen MR) is 183 cm³/mol. The van der Waals surface area contributed by atoms with Crippen molar-refractivity contribution >= 4 is 17.7 Å². The van der Waals surface area contributed by atoms with Crippen LogP contribution < -0.4 is 16.0 Å². The van der Waals surface area contributed by atoms with E-state index in [2.05, 4.69) is 37.7 Å². The molecule has 2 saturated heterocycles. The number of rotatable bonds is 12. The van der Waals surface area contributed by atoms with Crippen LogP contribution in [0.4, 0.5) is 14.9 Å². The van der Waals surface area contributed by atoms with Crippen molar-refractivity contribution in [2.24, 2.45) is 23.5 Å². The first-order chi connectivity index (χ1) is 23.2. The maximum Gasteiger partial charge on any atom is 0.407 e. The highest BCUT2D eigenvalue weighted by atomic mass is 19.1. The number of carbonyl (C=O) groups is 2. The van der Waals surface area contributed by atoms with Crippen LogP contribution in [-0.4, -0.2) is 77.5 Å². The van der Waals surface area contributed by atoms with Gasteiger partial charge in [0.05, 0.1) is 11.3 Å². The summed E-state index contributed by atoms with van der Waals surface area (Å²) in [5.41, 5.74) is 8.13. The van der Waals surface area contributed by atoms with Crippen molar-refractivity contribution in [2.45, 2.75) is 70.1 Å². The zero-order valence-corrected chi connectivity index (χ0v) is 28.1. The zero-order chi connectivity index (χ0) is 33.8. The molecular formula is C37H49FN6O4. The van der Waals surface area contributed by atoms with Crippen molar-refractivity contribution < 1.29 is 23.8 Å². The standard InChI is InChI=1S/C37H49FN6O4/c1-3-34-41-14-17-43(34)24-37(28-6-4-7-29(38)19-28,31-8-5-9-33(31)48-36(47)40-2)27-12-15-42(16-13-27)21-26-22-44(23-26)32-11-10-25(20-39)18-30(32)35(45)46/h4,6-7,10-11,14,17-19,26-27,31,33H,3,5,8-9,12-13,15-16,20-24,39H2,1-2H3,(H,40,47)(H,45,46). The number of aromatic nitrogens is 2. The first-order valence-electron chi connectivity index (χ1n) is 17.4. The molecule has 3 fully saturated rings. The Labute approximate surface area is 282 Å². The number of nitrogens with two attached hydrogens (primary N) is 1. The number of nitrogens with zero attached hydrogens (tertiary/aromatic N) is 4. The monoisotopic (exact) mass is 660 g/mol. The van der Waals surface area contributed by atoms with E-state index in [1.54, 1.807) is 19.2 Å². The fourth-order valence-electron chi connectivity index (χ4n) is 8.84. The van der Waals surface area contributed by atoms with Gasteiger partial charge in [-0.3, -0.25) is 0 Å². The first kappa shape index (κ1) is 33.9. The lowest BCUT2D eigenvalue weighted by molar-refractivity contribution is 0.00159. The van der Waals surface area contributed by atoms with E-state index in [1.165, 1.54) is 6.07 Å². The van der Waals surface area contributed by atoms with Gasteiger partial charge >= 0.3 is 12.1 Å². The number of hydrogen-bond donors (Lipinski definition) is 3. The van der Waals surface area contributed by atoms with Crippen LogP contribution in [-0.2, 0) is 29.7 Å². The van der Waals surface area contributed by atoms with Crippen LogP contribution in [0.5, 0.6) is 0 Å². The van der Waals surface area contributed by atoms with Crippen LogP contribution in [0, 0.1) is 23.6 Å². The molecule has 6 rings (SSSR count). The van der Waals surface area contributed by atoms with Gasteiger partial charge in [-0.15, -0.1) is 0 Å². The topological polar surface area (TPSA) is 126 Å². The summed E-state index contributed by atoms with van der Waals surface area (Å²) >= 11 is 0. The number of likely N-dealkylation sites (tertiary alicyclic amines) is 1. The maximum absolute atomic E-state index is 15.1. The number of imidazole rings is 1. The molecule has 2 aliphatic heterocycles. The molecule has 1 amide bonds. The van der Waals surface area contributed by atoms with E-state index >= 15 is 4.39 Å². The van der Waals surface area contributed by atoms with Crippen molar-refractivity contribution in [2.75, 3.05) is 44.7 Å². The molecular weight excluding hydrogens is 611 g/mol. The molecule has 3 unspecified atom stereocenters. The smallest absolute Gasteiger partial charge is 0.407 e. The van der Waals surface area contributed by atoms with E-state index in [0.717, 1.165) is 93.9 Å². The van der Waals surface area contributed by atoms with Gasteiger partial charge in [0, 0.05) is 75.8 Å². The SMILES string of the molecule is CCc1nccn1CC(c1cccc(F)c1)(C1CCN(CC2CN(c3ccc(CN)cc3C(=O)O)C2)CC1)C1CCCC1OC(=O)NC. The number of hydrogen-bond acceptors (Lipinski definition) is 7. The van der Waals surface area contributed by atoms with Gasteiger partial charge in [0.2, 0.25) is 0 Å². The molecule has 3 aliphatic rings. The van der Waals surface area contributed by atoms with Gasteiger partial charge in [-0.25, -0.2) is 19.0 Å². The Balaban J connectivity index is 1.22. The second-order valence-electron chi connectivity index (χ2n) is 13.8. The molecule has 2 aromatic carbocycles. The number of halogens is 1. The molecule has 258 valence electrons. The van der Waals surface area contributed by atoms with E-state index in [-0.39, 0.29) is 23.8 Å². The average Bonchev–Trinajstić information content (AvgIpc) is 3.74. The average molecular weight is 661 g/mol. The van der Waals surface area contributed by atoms with Gasteiger partial charge in [-0.1, -0.05) is 25.1 Å². The number of aromatic carboxylic acids is 1. The maximum atomic E-state index is 15.1. The van der Waals surface area contributed by atoms with Gasteiger partial charge < -0.3 is 35.3 Å². The van der Waals surface area contributed by atoms with Crippen molar-refractivity contribution in [3.8, 4) is 0 Å². The number of carboxylic acid groups (broad SMARTS) is 1. The molecule has 0 bridgehead atoms. The summed E-state index contributed by atoms with van der Waals surface area (Å²) in [4.78, 5) is 33.8. The van der Waals surface area contributed by atoms with E-state index in [4.69, 9.17) is 10.5 Å². The lowest BCUT2D eigenvalue weighted by Gasteiger charge is -2.51. The number of carboxylic acids is 1. The van der Waals surface area contributed by atoms with Gasteiger partial charge in [0.25, 0.3) is 0 Å². The van der Waals surface area contributed by atoms with Gasteiger partial charge in [-0.2, -0.15) is 0 Å². The quantitative estimate of drug-likeness (QED) is 0.247. The Morgan fingerprint density at radius 2 is 1.92 bits per heavy atom.